The molecule has 3 heterocycles. The van der Waals surface area contributed by atoms with Crippen molar-refractivity contribution in [2.45, 2.75) is 101 Å². The zero-order valence-electron chi connectivity index (χ0n) is 27.8. The van der Waals surface area contributed by atoms with Crippen LogP contribution in [-0.4, -0.2) is 84.4 Å². The molecule has 0 aliphatic carbocycles. The maximum atomic E-state index is 13.9. The van der Waals surface area contributed by atoms with Gasteiger partial charge in [-0.15, -0.1) is 0 Å². The topological polar surface area (TPSA) is 172 Å². The molecule has 47 heavy (non-hydrogen) atoms. The minimum atomic E-state index is -0.965. The molecular weight excluding hydrogens is 594 g/mol. The SMILES string of the molecule is CC(C)CC(NC(=O)C(Cc1ccccc1)NC(=O)C(N)Cc1ccccc1)C(=O)NC(CCCCN)C(=O)N1CC2CCC1CN2. The van der Waals surface area contributed by atoms with Gasteiger partial charge in [-0.3, -0.25) is 19.2 Å². The van der Waals surface area contributed by atoms with Crippen LogP contribution in [0.15, 0.2) is 60.7 Å². The monoisotopic (exact) mass is 647 g/mol. The van der Waals surface area contributed by atoms with Crippen molar-refractivity contribution in [2.24, 2.45) is 17.4 Å². The van der Waals surface area contributed by atoms with E-state index in [4.69, 9.17) is 11.5 Å². The molecule has 8 N–H and O–H groups in total. The number of nitrogens with two attached hydrogens (primary N) is 2. The second kappa shape index (κ2) is 17.9. The summed E-state index contributed by atoms with van der Waals surface area (Å²) in [4.78, 5) is 56.7. The standard InChI is InChI=1S/C36H53N7O4/c1-24(2)19-31(34(45)40-30(15-9-10-18-37)36(47)43-23-27-16-17-28(43)22-39-27)42-35(46)32(21-26-13-7-4-8-14-26)41-33(44)29(38)20-25-11-5-3-6-12-25/h3-8,11-14,24,27-32,39H,9-10,15-23,37-38H2,1-2H3,(H,40,45)(H,41,44)(H,42,46). The Morgan fingerprint density at radius 2 is 1.40 bits per heavy atom. The van der Waals surface area contributed by atoms with Crippen molar-refractivity contribution >= 4 is 23.6 Å². The number of unbranched alkanes of at least 4 members (excludes halogenated alkanes) is 1. The Bertz CT molecular complexity index is 1300. The van der Waals surface area contributed by atoms with Crippen LogP contribution in [0.2, 0.25) is 0 Å². The molecule has 3 aliphatic heterocycles. The van der Waals surface area contributed by atoms with Crippen LogP contribution in [0.3, 0.4) is 0 Å². The maximum Gasteiger partial charge on any atom is 0.245 e. The lowest BCUT2D eigenvalue weighted by molar-refractivity contribution is -0.142. The fourth-order valence-corrected chi connectivity index (χ4v) is 6.48. The smallest absolute Gasteiger partial charge is 0.245 e. The Balaban J connectivity index is 1.48. The van der Waals surface area contributed by atoms with Crippen LogP contribution in [0.25, 0.3) is 0 Å². The molecule has 5 rings (SSSR count). The number of piperidine rings is 2. The number of carbonyl (C=O) groups is 4. The zero-order chi connectivity index (χ0) is 33.8. The highest BCUT2D eigenvalue weighted by molar-refractivity contribution is 5.95. The van der Waals surface area contributed by atoms with Gasteiger partial charge in [0.2, 0.25) is 23.6 Å². The molecule has 3 fully saturated rings. The van der Waals surface area contributed by atoms with Crippen molar-refractivity contribution in [1.29, 1.82) is 0 Å². The van der Waals surface area contributed by atoms with Crippen LogP contribution < -0.4 is 32.7 Å². The van der Waals surface area contributed by atoms with Crippen molar-refractivity contribution in [3.05, 3.63) is 71.8 Å². The lowest BCUT2D eigenvalue weighted by Crippen LogP contribution is -2.65. The predicted octanol–water partition coefficient (Wildman–Crippen LogP) is 1.39. The second-order valence-electron chi connectivity index (χ2n) is 13.4. The van der Waals surface area contributed by atoms with Gasteiger partial charge in [-0.05, 0) is 68.5 Å². The molecule has 6 unspecified atom stereocenters. The summed E-state index contributed by atoms with van der Waals surface area (Å²) in [5, 5.41) is 12.2. The first-order valence-electron chi connectivity index (χ1n) is 17.1. The van der Waals surface area contributed by atoms with E-state index in [1.807, 2.05) is 79.4 Å². The van der Waals surface area contributed by atoms with Crippen LogP contribution in [-0.2, 0) is 32.0 Å². The van der Waals surface area contributed by atoms with E-state index in [0.717, 1.165) is 36.9 Å². The summed E-state index contributed by atoms with van der Waals surface area (Å²) in [6.45, 7) is 5.84. The maximum absolute atomic E-state index is 13.9. The van der Waals surface area contributed by atoms with Gasteiger partial charge < -0.3 is 37.6 Å². The van der Waals surface area contributed by atoms with Crippen molar-refractivity contribution in [3.63, 3.8) is 0 Å². The van der Waals surface area contributed by atoms with Crippen molar-refractivity contribution in [3.8, 4) is 0 Å². The number of hydrogen-bond acceptors (Lipinski definition) is 7. The third-order valence-corrected chi connectivity index (χ3v) is 9.08. The largest absolute Gasteiger partial charge is 0.343 e. The molecule has 0 saturated carbocycles. The molecule has 11 heteroatoms. The van der Waals surface area contributed by atoms with Crippen molar-refractivity contribution in [2.75, 3.05) is 19.6 Å². The van der Waals surface area contributed by atoms with E-state index in [1.165, 1.54) is 0 Å². The summed E-state index contributed by atoms with van der Waals surface area (Å²) in [7, 11) is 0. The molecule has 2 aromatic rings. The number of amides is 4. The molecule has 0 spiro atoms. The molecule has 11 nitrogen and oxygen atoms in total. The van der Waals surface area contributed by atoms with Crippen LogP contribution in [0.5, 0.6) is 0 Å². The molecule has 0 aromatic heterocycles. The fraction of sp³-hybridized carbons (Fsp3) is 0.556. The van der Waals surface area contributed by atoms with Gasteiger partial charge in [-0.1, -0.05) is 74.5 Å². The predicted molar refractivity (Wildman–Crippen MR) is 183 cm³/mol. The summed E-state index contributed by atoms with van der Waals surface area (Å²) in [5.74, 6) is -1.36. The molecule has 3 saturated heterocycles. The third kappa shape index (κ3) is 10.9. The second-order valence-corrected chi connectivity index (χ2v) is 13.4. The molecule has 256 valence electrons. The molecule has 2 bridgehead atoms. The highest BCUT2D eigenvalue weighted by Crippen LogP contribution is 2.24. The van der Waals surface area contributed by atoms with Gasteiger partial charge in [0, 0.05) is 31.6 Å². The first-order valence-corrected chi connectivity index (χ1v) is 17.1. The van der Waals surface area contributed by atoms with Gasteiger partial charge in [0.05, 0.1) is 6.04 Å². The summed E-state index contributed by atoms with van der Waals surface area (Å²) in [5.41, 5.74) is 13.8. The van der Waals surface area contributed by atoms with E-state index in [-0.39, 0.29) is 30.3 Å². The summed E-state index contributed by atoms with van der Waals surface area (Å²) >= 11 is 0. The number of hydrogen-bond donors (Lipinski definition) is 6. The van der Waals surface area contributed by atoms with Gasteiger partial charge in [-0.25, -0.2) is 0 Å². The average Bonchev–Trinajstić information content (AvgIpc) is 3.08. The van der Waals surface area contributed by atoms with E-state index in [0.29, 0.717) is 38.8 Å². The quantitative estimate of drug-likeness (QED) is 0.141. The number of carbonyl (C=O) groups excluding carboxylic acids is 4. The first kappa shape index (κ1) is 36.0. The van der Waals surface area contributed by atoms with E-state index in [1.54, 1.807) is 0 Å². The number of nitrogens with one attached hydrogen (secondary N) is 4. The number of nitrogens with zero attached hydrogens (tertiary/aromatic N) is 1. The number of piperazine rings is 1. The highest BCUT2D eigenvalue weighted by atomic mass is 16.2. The Morgan fingerprint density at radius 1 is 0.809 bits per heavy atom. The lowest BCUT2D eigenvalue weighted by atomic mass is 9.92. The minimum Gasteiger partial charge on any atom is -0.343 e. The Morgan fingerprint density at radius 3 is 1.96 bits per heavy atom. The minimum absolute atomic E-state index is 0.0720. The molecule has 2 aromatic carbocycles. The average molecular weight is 648 g/mol. The van der Waals surface area contributed by atoms with E-state index in [2.05, 4.69) is 21.3 Å². The first-order chi connectivity index (χ1) is 22.6. The van der Waals surface area contributed by atoms with Gasteiger partial charge in [-0.2, -0.15) is 0 Å². The molecule has 4 amide bonds. The van der Waals surface area contributed by atoms with Crippen molar-refractivity contribution < 1.29 is 19.2 Å². The number of benzene rings is 2. The normalized spacial score (nSPS) is 19.8. The van der Waals surface area contributed by atoms with Gasteiger partial charge in [0.15, 0.2) is 0 Å². The Hall–Kier alpha value is -3.80. The lowest BCUT2D eigenvalue weighted by Gasteiger charge is -2.47. The zero-order valence-corrected chi connectivity index (χ0v) is 27.8. The fourth-order valence-electron chi connectivity index (χ4n) is 6.48. The van der Waals surface area contributed by atoms with Gasteiger partial charge in [0.25, 0.3) is 0 Å². The van der Waals surface area contributed by atoms with Crippen LogP contribution >= 0.6 is 0 Å². The summed E-state index contributed by atoms with van der Waals surface area (Å²) in [6, 6.07) is 15.8. The third-order valence-electron chi connectivity index (χ3n) is 9.08. The molecule has 3 aliphatic rings. The highest BCUT2D eigenvalue weighted by Gasteiger charge is 2.39. The molecule has 6 atom stereocenters. The van der Waals surface area contributed by atoms with Gasteiger partial charge >= 0.3 is 0 Å². The Labute approximate surface area is 279 Å². The van der Waals surface area contributed by atoms with Crippen LogP contribution in [0, 0.1) is 5.92 Å². The Kier molecular flexibility index (Phi) is 13.8. The van der Waals surface area contributed by atoms with Crippen LogP contribution in [0.4, 0.5) is 0 Å². The van der Waals surface area contributed by atoms with E-state index >= 15 is 0 Å². The summed E-state index contributed by atoms with van der Waals surface area (Å²) < 4.78 is 0. The van der Waals surface area contributed by atoms with Crippen LogP contribution in [0.1, 0.15) is 63.5 Å². The number of rotatable bonds is 17. The van der Waals surface area contributed by atoms with E-state index in [9.17, 15) is 19.2 Å². The number of fused-ring (bicyclic) bond motifs is 3. The molecular formula is C36H53N7O4. The van der Waals surface area contributed by atoms with E-state index < -0.39 is 41.9 Å². The van der Waals surface area contributed by atoms with Gasteiger partial charge in [0.1, 0.15) is 18.1 Å². The molecule has 0 radical (unpaired) electrons. The van der Waals surface area contributed by atoms with Crippen molar-refractivity contribution in [1.82, 2.24) is 26.2 Å². The summed E-state index contributed by atoms with van der Waals surface area (Å²) in [6.07, 6.45) is 4.80.